The van der Waals surface area contributed by atoms with Gasteiger partial charge in [-0.05, 0) is 37.8 Å². The van der Waals surface area contributed by atoms with Crippen LogP contribution in [0.1, 0.15) is 46.0 Å². The van der Waals surface area contributed by atoms with Crippen LogP contribution < -0.4 is 5.73 Å². The fourth-order valence-corrected chi connectivity index (χ4v) is 3.40. The summed E-state index contributed by atoms with van der Waals surface area (Å²) in [5, 5.41) is 0. The summed E-state index contributed by atoms with van der Waals surface area (Å²) < 4.78 is 5.59. The maximum atomic E-state index is 6.22. The SMILES string of the molecule is CCC1(CC)CCN(C2COCCC2N)CC1. The van der Waals surface area contributed by atoms with Crippen molar-refractivity contribution in [2.24, 2.45) is 11.1 Å². The smallest absolute Gasteiger partial charge is 0.0636 e. The molecule has 0 bridgehead atoms. The van der Waals surface area contributed by atoms with Crippen molar-refractivity contribution in [3.8, 4) is 0 Å². The molecule has 3 heteroatoms. The molecule has 3 nitrogen and oxygen atoms in total. The normalized spacial score (nSPS) is 34.8. The van der Waals surface area contributed by atoms with Crippen LogP contribution in [0.2, 0.25) is 0 Å². The van der Waals surface area contributed by atoms with E-state index in [2.05, 4.69) is 18.7 Å². The average Bonchev–Trinajstić information content (AvgIpc) is 2.40. The summed E-state index contributed by atoms with van der Waals surface area (Å²) in [5.41, 5.74) is 6.83. The Bertz CT molecular complexity index is 230. The van der Waals surface area contributed by atoms with Crippen molar-refractivity contribution in [2.75, 3.05) is 26.3 Å². The molecule has 2 heterocycles. The van der Waals surface area contributed by atoms with E-state index in [0.717, 1.165) is 19.6 Å². The van der Waals surface area contributed by atoms with E-state index in [1.54, 1.807) is 0 Å². The van der Waals surface area contributed by atoms with Crippen LogP contribution in [0, 0.1) is 5.41 Å². The van der Waals surface area contributed by atoms with E-state index in [1.807, 2.05) is 0 Å². The molecule has 2 rings (SSSR count). The zero-order valence-corrected chi connectivity index (χ0v) is 11.5. The standard InChI is InChI=1S/C14H28N2O/c1-3-14(4-2)6-8-16(9-7-14)13-11-17-10-5-12(13)15/h12-13H,3-11,15H2,1-2H3. The number of piperidine rings is 1. The van der Waals surface area contributed by atoms with E-state index in [4.69, 9.17) is 10.5 Å². The lowest BCUT2D eigenvalue weighted by Gasteiger charge is -2.46. The van der Waals surface area contributed by atoms with E-state index in [-0.39, 0.29) is 0 Å². The minimum Gasteiger partial charge on any atom is -0.380 e. The first-order valence-electron chi connectivity index (χ1n) is 7.28. The third-order valence-corrected chi connectivity index (χ3v) is 5.21. The van der Waals surface area contributed by atoms with Gasteiger partial charge in [-0.25, -0.2) is 0 Å². The first-order chi connectivity index (χ1) is 8.21. The molecule has 17 heavy (non-hydrogen) atoms. The van der Waals surface area contributed by atoms with Gasteiger partial charge in [0.05, 0.1) is 6.61 Å². The van der Waals surface area contributed by atoms with Crippen molar-refractivity contribution in [1.82, 2.24) is 4.90 Å². The topological polar surface area (TPSA) is 38.5 Å². The minimum absolute atomic E-state index is 0.319. The third kappa shape index (κ3) is 2.83. The van der Waals surface area contributed by atoms with Crippen molar-refractivity contribution in [1.29, 1.82) is 0 Å². The van der Waals surface area contributed by atoms with Crippen molar-refractivity contribution >= 4 is 0 Å². The van der Waals surface area contributed by atoms with Gasteiger partial charge in [0.25, 0.3) is 0 Å². The van der Waals surface area contributed by atoms with Crippen LogP contribution in [0.5, 0.6) is 0 Å². The van der Waals surface area contributed by atoms with E-state index >= 15 is 0 Å². The molecular weight excluding hydrogens is 212 g/mol. The zero-order chi connectivity index (χ0) is 12.3. The average molecular weight is 240 g/mol. The van der Waals surface area contributed by atoms with Gasteiger partial charge in [-0.3, -0.25) is 4.90 Å². The molecule has 2 N–H and O–H groups in total. The molecule has 0 aliphatic carbocycles. The Morgan fingerprint density at radius 2 is 1.88 bits per heavy atom. The molecule has 2 aliphatic rings. The molecule has 100 valence electrons. The number of nitrogens with zero attached hydrogens (tertiary/aromatic N) is 1. The summed E-state index contributed by atoms with van der Waals surface area (Å²) >= 11 is 0. The number of nitrogens with two attached hydrogens (primary N) is 1. The Labute approximate surface area is 106 Å². The highest BCUT2D eigenvalue weighted by atomic mass is 16.5. The fraction of sp³-hybridized carbons (Fsp3) is 1.00. The highest BCUT2D eigenvalue weighted by Gasteiger charge is 2.36. The predicted octanol–water partition coefficient (Wildman–Crippen LogP) is 2.00. The second-order valence-corrected chi connectivity index (χ2v) is 5.84. The molecule has 2 saturated heterocycles. The molecule has 2 aliphatic heterocycles. The third-order valence-electron chi connectivity index (χ3n) is 5.21. The Morgan fingerprint density at radius 3 is 2.41 bits per heavy atom. The number of hydrogen-bond donors (Lipinski definition) is 1. The quantitative estimate of drug-likeness (QED) is 0.820. The lowest BCUT2D eigenvalue weighted by molar-refractivity contribution is -0.0207. The van der Waals surface area contributed by atoms with Crippen LogP contribution in [0.15, 0.2) is 0 Å². The molecule has 0 radical (unpaired) electrons. The lowest BCUT2D eigenvalue weighted by Crippen LogP contribution is -2.56. The molecule has 0 aromatic rings. The van der Waals surface area contributed by atoms with Crippen LogP contribution in [-0.4, -0.2) is 43.3 Å². The summed E-state index contributed by atoms with van der Waals surface area (Å²) in [6, 6.07) is 0.787. The van der Waals surface area contributed by atoms with Gasteiger partial charge in [-0.1, -0.05) is 26.7 Å². The first-order valence-corrected chi connectivity index (χ1v) is 7.28. The molecule has 2 unspecified atom stereocenters. The van der Waals surface area contributed by atoms with Crippen LogP contribution >= 0.6 is 0 Å². The summed E-state index contributed by atoms with van der Waals surface area (Å²) in [4.78, 5) is 2.58. The Kier molecular flexibility index (Phi) is 4.45. The van der Waals surface area contributed by atoms with Crippen LogP contribution in [-0.2, 0) is 4.74 Å². The van der Waals surface area contributed by atoms with Gasteiger partial charge < -0.3 is 10.5 Å². The number of ether oxygens (including phenoxy) is 1. The second-order valence-electron chi connectivity index (χ2n) is 5.84. The Hall–Kier alpha value is -0.120. The summed E-state index contributed by atoms with van der Waals surface area (Å²) in [5.74, 6) is 0. The molecule has 0 amide bonds. The molecule has 0 aromatic heterocycles. The molecule has 0 spiro atoms. The summed E-state index contributed by atoms with van der Waals surface area (Å²) in [6.07, 6.45) is 6.34. The Morgan fingerprint density at radius 1 is 1.24 bits per heavy atom. The second kappa shape index (κ2) is 5.68. The molecule has 0 saturated carbocycles. The Balaban J connectivity index is 1.89. The van der Waals surface area contributed by atoms with Gasteiger partial charge in [0.15, 0.2) is 0 Å². The van der Waals surface area contributed by atoms with Crippen molar-refractivity contribution in [2.45, 2.75) is 58.0 Å². The van der Waals surface area contributed by atoms with E-state index < -0.39 is 0 Å². The van der Waals surface area contributed by atoms with Crippen LogP contribution in [0.3, 0.4) is 0 Å². The van der Waals surface area contributed by atoms with Gasteiger partial charge in [0, 0.05) is 18.7 Å². The van der Waals surface area contributed by atoms with Crippen molar-refractivity contribution in [3.63, 3.8) is 0 Å². The lowest BCUT2D eigenvalue weighted by atomic mass is 9.74. The molecule has 0 aromatic carbocycles. The first kappa shape index (κ1) is 13.3. The maximum Gasteiger partial charge on any atom is 0.0636 e. The fourth-order valence-electron chi connectivity index (χ4n) is 3.40. The molecule has 2 fully saturated rings. The van der Waals surface area contributed by atoms with Crippen molar-refractivity contribution < 1.29 is 4.74 Å². The predicted molar refractivity (Wildman–Crippen MR) is 71.0 cm³/mol. The number of rotatable bonds is 3. The van der Waals surface area contributed by atoms with Gasteiger partial charge in [-0.15, -0.1) is 0 Å². The van der Waals surface area contributed by atoms with Gasteiger partial charge in [0.1, 0.15) is 0 Å². The van der Waals surface area contributed by atoms with E-state index in [0.29, 0.717) is 17.5 Å². The van der Waals surface area contributed by atoms with Gasteiger partial charge >= 0.3 is 0 Å². The highest BCUT2D eigenvalue weighted by Crippen LogP contribution is 2.38. The van der Waals surface area contributed by atoms with Crippen LogP contribution in [0.4, 0.5) is 0 Å². The highest BCUT2D eigenvalue weighted by molar-refractivity contribution is 4.91. The minimum atomic E-state index is 0.319. The zero-order valence-electron chi connectivity index (χ0n) is 11.5. The van der Waals surface area contributed by atoms with E-state index in [9.17, 15) is 0 Å². The summed E-state index contributed by atoms with van der Waals surface area (Å²) in [6.45, 7) is 8.79. The maximum absolute atomic E-state index is 6.22. The van der Waals surface area contributed by atoms with Gasteiger partial charge in [-0.2, -0.15) is 0 Å². The van der Waals surface area contributed by atoms with Gasteiger partial charge in [0.2, 0.25) is 0 Å². The number of hydrogen-bond acceptors (Lipinski definition) is 3. The molecular formula is C14H28N2O. The number of likely N-dealkylation sites (tertiary alicyclic amines) is 1. The largest absolute Gasteiger partial charge is 0.380 e. The molecule has 2 atom stereocenters. The van der Waals surface area contributed by atoms with E-state index in [1.165, 1.54) is 38.8 Å². The van der Waals surface area contributed by atoms with Crippen LogP contribution in [0.25, 0.3) is 0 Å². The van der Waals surface area contributed by atoms with Crippen molar-refractivity contribution in [3.05, 3.63) is 0 Å². The summed E-state index contributed by atoms with van der Waals surface area (Å²) in [7, 11) is 0. The monoisotopic (exact) mass is 240 g/mol.